The van der Waals surface area contributed by atoms with Crippen LogP contribution in [-0.2, 0) is 17.6 Å². The topological polar surface area (TPSA) is 69.6 Å². The van der Waals surface area contributed by atoms with Gasteiger partial charge < -0.3 is 14.9 Å². The van der Waals surface area contributed by atoms with Crippen LogP contribution in [0.4, 0.5) is 5.82 Å². The number of carbonyl (C=O) groups excluding carboxylic acids is 1. The van der Waals surface area contributed by atoms with E-state index in [1.165, 1.54) is 22.6 Å². The van der Waals surface area contributed by atoms with Crippen LogP contribution in [-0.4, -0.2) is 52.1 Å². The maximum atomic E-state index is 12.0. The molecule has 2 aliphatic rings. The molecule has 1 aliphatic carbocycles. The van der Waals surface area contributed by atoms with E-state index in [1.54, 1.807) is 6.33 Å². The first-order valence-corrected chi connectivity index (χ1v) is 12.2. The summed E-state index contributed by atoms with van der Waals surface area (Å²) in [5, 5.41) is 12.8. The molecule has 2 atom stereocenters. The highest BCUT2D eigenvalue weighted by Crippen LogP contribution is 2.45. The van der Waals surface area contributed by atoms with Crippen LogP contribution in [0.3, 0.4) is 0 Å². The minimum atomic E-state index is -0.00887. The van der Waals surface area contributed by atoms with E-state index in [-0.39, 0.29) is 11.8 Å². The first-order valence-electron chi connectivity index (χ1n) is 12.2. The lowest BCUT2D eigenvalue weighted by molar-refractivity contribution is -0.126. The fraction of sp³-hybridized carbons (Fsp3) is 0.393. The molecular formula is C28H32N4O2. The molecule has 1 N–H and O–H groups in total. The minimum absolute atomic E-state index is 0.00887. The Morgan fingerprint density at radius 3 is 2.62 bits per heavy atom. The van der Waals surface area contributed by atoms with E-state index in [2.05, 4.69) is 43.5 Å². The van der Waals surface area contributed by atoms with Gasteiger partial charge in [-0.2, -0.15) is 0 Å². The molecule has 0 bridgehead atoms. The predicted molar refractivity (Wildman–Crippen MR) is 135 cm³/mol. The van der Waals surface area contributed by atoms with Gasteiger partial charge in [-0.15, -0.1) is 0 Å². The van der Waals surface area contributed by atoms with Crippen molar-refractivity contribution in [2.24, 2.45) is 11.8 Å². The van der Waals surface area contributed by atoms with E-state index in [0.29, 0.717) is 30.7 Å². The van der Waals surface area contributed by atoms with E-state index < -0.39 is 0 Å². The number of nitrogens with zero attached hydrogens (tertiary/aromatic N) is 4. The SMILES string of the molecule is C=CC(=O)N1CCN(c2ncnc3c2CC(C(C)C)C(c2cc(O)cc4ccccc24)C3)CC1. The Hall–Kier alpha value is -3.41. The van der Waals surface area contributed by atoms with Gasteiger partial charge in [0.2, 0.25) is 5.91 Å². The normalized spacial score (nSPS) is 20.4. The molecule has 3 aromatic rings. The first kappa shape index (κ1) is 22.4. The Morgan fingerprint density at radius 2 is 1.88 bits per heavy atom. The lowest BCUT2D eigenvalue weighted by Gasteiger charge is -2.40. The Bertz CT molecular complexity index is 1230. The number of anilines is 1. The third-order valence-electron chi connectivity index (χ3n) is 7.58. The van der Waals surface area contributed by atoms with Crippen molar-refractivity contribution < 1.29 is 9.90 Å². The summed E-state index contributed by atoms with van der Waals surface area (Å²) in [4.78, 5) is 25.6. The van der Waals surface area contributed by atoms with Crippen molar-refractivity contribution in [1.82, 2.24) is 14.9 Å². The second-order valence-electron chi connectivity index (χ2n) is 9.82. The molecule has 1 fully saturated rings. The van der Waals surface area contributed by atoms with Gasteiger partial charge in [-0.3, -0.25) is 4.79 Å². The van der Waals surface area contributed by atoms with Gasteiger partial charge in [0.1, 0.15) is 17.9 Å². The number of benzene rings is 2. The molecular weight excluding hydrogens is 424 g/mol. The van der Waals surface area contributed by atoms with Gasteiger partial charge in [0.05, 0.1) is 0 Å². The maximum Gasteiger partial charge on any atom is 0.246 e. The predicted octanol–water partition coefficient (Wildman–Crippen LogP) is 4.32. The largest absolute Gasteiger partial charge is 0.508 e. The smallest absolute Gasteiger partial charge is 0.246 e. The number of carbonyl (C=O) groups is 1. The highest BCUT2D eigenvalue weighted by atomic mass is 16.3. The van der Waals surface area contributed by atoms with Crippen LogP contribution in [0, 0.1) is 11.8 Å². The Labute approximate surface area is 200 Å². The van der Waals surface area contributed by atoms with Crippen LogP contribution in [0.2, 0.25) is 0 Å². The second-order valence-corrected chi connectivity index (χ2v) is 9.82. The van der Waals surface area contributed by atoms with Gasteiger partial charge in [-0.25, -0.2) is 9.97 Å². The maximum absolute atomic E-state index is 12.0. The number of rotatable bonds is 4. The van der Waals surface area contributed by atoms with Gasteiger partial charge in [0.25, 0.3) is 0 Å². The summed E-state index contributed by atoms with van der Waals surface area (Å²) >= 11 is 0. The van der Waals surface area contributed by atoms with E-state index in [9.17, 15) is 9.90 Å². The van der Waals surface area contributed by atoms with Gasteiger partial charge >= 0.3 is 0 Å². The van der Waals surface area contributed by atoms with E-state index >= 15 is 0 Å². The molecule has 2 aromatic carbocycles. The minimum Gasteiger partial charge on any atom is -0.508 e. The zero-order valence-corrected chi connectivity index (χ0v) is 19.9. The zero-order chi connectivity index (χ0) is 23.8. The van der Waals surface area contributed by atoms with Gasteiger partial charge in [-0.05, 0) is 65.1 Å². The van der Waals surface area contributed by atoms with Crippen molar-refractivity contribution in [3.63, 3.8) is 0 Å². The number of fused-ring (bicyclic) bond motifs is 2. The summed E-state index contributed by atoms with van der Waals surface area (Å²) in [5.41, 5.74) is 3.55. The van der Waals surface area contributed by atoms with E-state index in [1.807, 2.05) is 23.1 Å². The summed E-state index contributed by atoms with van der Waals surface area (Å²) in [6.07, 6.45) is 4.81. The van der Waals surface area contributed by atoms with Crippen LogP contribution < -0.4 is 4.90 Å². The monoisotopic (exact) mass is 456 g/mol. The summed E-state index contributed by atoms with van der Waals surface area (Å²) in [7, 11) is 0. The molecule has 1 aliphatic heterocycles. The molecule has 1 amide bonds. The lowest BCUT2D eigenvalue weighted by Crippen LogP contribution is -2.49. The summed E-state index contributed by atoms with van der Waals surface area (Å²) < 4.78 is 0. The van der Waals surface area contributed by atoms with Crippen LogP contribution in [0.1, 0.15) is 36.6 Å². The number of amides is 1. The lowest BCUT2D eigenvalue weighted by atomic mass is 9.69. The number of aromatic nitrogens is 2. The highest BCUT2D eigenvalue weighted by molar-refractivity contribution is 5.88. The molecule has 6 heteroatoms. The van der Waals surface area contributed by atoms with Crippen molar-refractivity contribution in [1.29, 1.82) is 0 Å². The summed E-state index contributed by atoms with van der Waals surface area (Å²) in [6, 6.07) is 12.1. The van der Waals surface area contributed by atoms with E-state index in [4.69, 9.17) is 9.97 Å². The summed E-state index contributed by atoms with van der Waals surface area (Å²) in [6.45, 7) is 11.1. The van der Waals surface area contributed by atoms with Crippen LogP contribution in [0.15, 0.2) is 55.4 Å². The first-order chi connectivity index (χ1) is 16.5. The van der Waals surface area contributed by atoms with Crippen molar-refractivity contribution in [3.05, 3.63) is 72.2 Å². The fourth-order valence-corrected chi connectivity index (χ4v) is 5.77. The number of aromatic hydroxyl groups is 1. The van der Waals surface area contributed by atoms with Gasteiger partial charge in [-0.1, -0.05) is 44.7 Å². The average Bonchev–Trinajstić information content (AvgIpc) is 2.86. The number of piperazine rings is 1. The molecule has 0 radical (unpaired) electrons. The van der Waals surface area contributed by atoms with Crippen LogP contribution in [0.25, 0.3) is 10.8 Å². The van der Waals surface area contributed by atoms with Crippen LogP contribution >= 0.6 is 0 Å². The van der Waals surface area contributed by atoms with Crippen molar-refractivity contribution >= 4 is 22.5 Å². The Morgan fingerprint density at radius 1 is 1.12 bits per heavy atom. The highest BCUT2D eigenvalue weighted by Gasteiger charge is 2.36. The molecule has 0 spiro atoms. The molecule has 1 aromatic heterocycles. The molecule has 6 nitrogen and oxygen atoms in total. The van der Waals surface area contributed by atoms with Crippen molar-refractivity contribution in [2.45, 2.75) is 32.6 Å². The molecule has 34 heavy (non-hydrogen) atoms. The van der Waals surface area contributed by atoms with Crippen LogP contribution in [0.5, 0.6) is 5.75 Å². The molecule has 2 heterocycles. The zero-order valence-electron chi connectivity index (χ0n) is 19.9. The second kappa shape index (κ2) is 9.09. The standard InChI is InChI=1S/C28H32N4O2/c1-4-27(34)31-9-11-32(12-10-31)28-25-15-22(18(2)3)24(16-26(25)29-17-30-28)23-14-20(33)13-19-7-5-6-8-21(19)23/h4-8,13-14,17-18,22,24,33H,1,9-12,15-16H2,2-3H3. The molecule has 176 valence electrons. The average molecular weight is 457 g/mol. The third-order valence-corrected chi connectivity index (χ3v) is 7.58. The number of hydrogen-bond donors (Lipinski definition) is 1. The Balaban J connectivity index is 1.50. The quantitative estimate of drug-likeness (QED) is 0.592. The molecule has 2 unspecified atom stereocenters. The molecule has 0 saturated carbocycles. The molecule has 5 rings (SSSR count). The fourth-order valence-electron chi connectivity index (χ4n) is 5.77. The number of phenols is 1. The van der Waals surface area contributed by atoms with Gasteiger partial charge in [0, 0.05) is 37.4 Å². The summed E-state index contributed by atoms with van der Waals surface area (Å²) in [5.74, 6) is 2.47. The molecule has 1 saturated heterocycles. The van der Waals surface area contributed by atoms with Crippen molar-refractivity contribution in [3.8, 4) is 5.75 Å². The number of hydrogen-bond acceptors (Lipinski definition) is 5. The Kier molecular flexibility index (Phi) is 5.98. The third kappa shape index (κ3) is 4.02. The number of phenolic OH excluding ortho intramolecular Hbond substituents is 1. The van der Waals surface area contributed by atoms with Crippen molar-refractivity contribution in [2.75, 3.05) is 31.1 Å². The van der Waals surface area contributed by atoms with E-state index in [0.717, 1.165) is 42.8 Å². The van der Waals surface area contributed by atoms with Gasteiger partial charge in [0.15, 0.2) is 0 Å².